The van der Waals surface area contributed by atoms with Crippen molar-refractivity contribution in [3.63, 3.8) is 0 Å². The molecule has 8 nitrogen and oxygen atoms in total. The molecular formula is C16H15Cl2F3N4O4S. The summed E-state index contributed by atoms with van der Waals surface area (Å²) in [5, 5.41) is 3.80. The molecule has 1 aromatic carbocycles. The Morgan fingerprint density at radius 1 is 1.07 bits per heavy atom. The van der Waals surface area contributed by atoms with Crippen molar-refractivity contribution in [2.75, 3.05) is 26.2 Å². The third-order valence-electron chi connectivity index (χ3n) is 4.30. The lowest BCUT2D eigenvalue weighted by Gasteiger charge is -2.33. The fourth-order valence-electron chi connectivity index (χ4n) is 2.81. The van der Waals surface area contributed by atoms with Crippen molar-refractivity contribution in [1.82, 2.24) is 19.0 Å². The Balaban J connectivity index is 1.64. The molecule has 0 N–H and O–H groups in total. The van der Waals surface area contributed by atoms with E-state index in [4.69, 9.17) is 23.2 Å². The molecule has 2 aromatic rings. The lowest BCUT2D eigenvalue weighted by atomic mass is 10.3. The van der Waals surface area contributed by atoms with Gasteiger partial charge in [0.25, 0.3) is 5.56 Å². The minimum absolute atomic E-state index is 0.0421. The largest absolute Gasteiger partial charge is 0.573 e. The summed E-state index contributed by atoms with van der Waals surface area (Å²) in [6.07, 6.45) is -3.61. The summed E-state index contributed by atoms with van der Waals surface area (Å²) in [6, 6.07) is 4.00. The van der Waals surface area contributed by atoms with E-state index >= 15 is 0 Å². The number of nitrogens with zero attached hydrogens (tertiary/aromatic N) is 4. The summed E-state index contributed by atoms with van der Waals surface area (Å²) in [6.45, 7) is 0.969. The highest BCUT2D eigenvalue weighted by molar-refractivity contribution is 7.89. The first-order valence-electron chi connectivity index (χ1n) is 8.47. The Morgan fingerprint density at radius 3 is 2.23 bits per heavy atom. The van der Waals surface area contributed by atoms with E-state index in [0.29, 0.717) is 13.1 Å². The van der Waals surface area contributed by atoms with Gasteiger partial charge in [0, 0.05) is 26.2 Å². The minimum Gasteiger partial charge on any atom is -0.406 e. The molecule has 14 heteroatoms. The normalized spacial score (nSPS) is 16.6. The first kappa shape index (κ1) is 22.8. The zero-order chi connectivity index (χ0) is 22.1. The molecule has 3 rings (SSSR count). The number of ether oxygens (including phenoxy) is 1. The number of hydrogen-bond donors (Lipinski definition) is 0. The van der Waals surface area contributed by atoms with Crippen molar-refractivity contribution in [3.8, 4) is 5.75 Å². The van der Waals surface area contributed by atoms with Crippen molar-refractivity contribution < 1.29 is 26.3 Å². The van der Waals surface area contributed by atoms with Crippen LogP contribution in [0.3, 0.4) is 0 Å². The van der Waals surface area contributed by atoms with Crippen molar-refractivity contribution >= 4 is 33.2 Å². The van der Waals surface area contributed by atoms with Gasteiger partial charge in [-0.1, -0.05) is 23.2 Å². The van der Waals surface area contributed by atoms with Crippen LogP contribution in [0.25, 0.3) is 0 Å². The molecule has 1 saturated heterocycles. The molecule has 2 heterocycles. The molecule has 0 spiro atoms. The Hall–Kier alpha value is -1.86. The molecule has 1 aromatic heterocycles. The van der Waals surface area contributed by atoms with Crippen LogP contribution in [0.5, 0.6) is 5.75 Å². The molecule has 0 amide bonds. The molecule has 0 bridgehead atoms. The van der Waals surface area contributed by atoms with Gasteiger partial charge in [-0.15, -0.1) is 13.2 Å². The highest BCUT2D eigenvalue weighted by Gasteiger charge is 2.32. The maximum Gasteiger partial charge on any atom is 0.573 e. The topological polar surface area (TPSA) is 84.7 Å². The summed E-state index contributed by atoms with van der Waals surface area (Å²) in [7, 11) is -3.89. The Labute approximate surface area is 179 Å². The van der Waals surface area contributed by atoms with Crippen molar-refractivity contribution in [2.24, 2.45) is 0 Å². The first-order valence-corrected chi connectivity index (χ1v) is 10.7. The zero-order valence-electron chi connectivity index (χ0n) is 15.1. The van der Waals surface area contributed by atoms with Crippen LogP contribution < -0.4 is 10.3 Å². The highest BCUT2D eigenvalue weighted by atomic mass is 35.5. The SMILES string of the molecule is O=c1c(Cl)c(Cl)cnn1CN1CCN(S(=O)(=O)c2ccc(OC(F)(F)F)cc2)CC1. The highest BCUT2D eigenvalue weighted by Crippen LogP contribution is 2.25. The van der Waals surface area contributed by atoms with E-state index in [2.05, 4.69) is 9.84 Å². The van der Waals surface area contributed by atoms with Crippen LogP contribution in [-0.4, -0.2) is 59.9 Å². The second-order valence-corrected chi connectivity index (χ2v) is 9.02. The van der Waals surface area contributed by atoms with Crippen molar-refractivity contribution in [3.05, 3.63) is 50.9 Å². The minimum atomic E-state index is -4.86. The Kier molecular flexibility index (Phi) is 6.63. The summed E-state index contributed by atoms with van der Waals surface area (Å²) >= 11 is 11.6. The van der Waals surface area contributed by atoms with E-state index in [0.717, 1.165) is 28.9 Å². The second-order valence-electron chi connectivity index (χ2n) is 6.29. The van der Waals surface area contributed by atoms with Gasteiger partial charge in [-0.2, -0.15) is 9.40 Å². The molecule has 0 aliphatic carbocycles. The van der Waals surface area contributed by atoms with Crippen LogP contribution in [0, 0.1) is 0 Å². The molecule has 1 aliphatic heterocycles. The van der Waals surface area contributed by atoms with Gasteiger partial charge >= 0.3 is 6.36 Å². The fraction of sp³-hybridized carbons (Fsp3) is 0.375. The van der Waals surface area contributed by atoms with E-state index in [1.807, 2.05) is 4.90 Å². The Morgan fingerprint density at radius 2 is 1.67 bits per heavy atom. The predicted octanol–water partition coefficient (Wildman–Crippen LogP) is 2.41. The monoisotopic (exact) mass is 486 g/mol. The standard InChI is InChI=1S/C16H15Cl2F3N4O4S/c17-13-9-22-25(15(26)14(13)18)10-23-5-7-24(8-6-23)30(27,28)12-3-1-11(2-4-12)29-16(19,20)21/h1-4,9H,5-8,10H2. The maximum atomic E-state index is 12.7. The molecule has 164 valence electrons. The molecule has 0 unspecified atom stereocenters. The zero-order valence-corrected chi connectivity index (χ0v) is 17.5. The van der Waals surface area contributed by atoms with Gasteiger partial charge in [-0.05, 0) is 24.3 Å². The second kappa shape index (κ2) is 8.71. The van der Waals surface area contributed by atoms with Gasteiger partial charge in [0.1, 0.15) is 10.8 Å². The van der Waals surface area contributed by atoms with E-state index in [1.165, 1.54) is 10.5 Å². The molecule has 0 atom stereocenters. The van der Waals surface area contributed by atoms with Crippen LogP contribution in [-0.2, 0) is 16.7 Å². The molecular weight excluding hydrogens is 472 g/mol. The molecule has 1 aliphatic rings. The van der Waals surface area contributed by atoms with E-state index in [-0.39, 0.29) is 34.7 Å². The third kappa shape index (κ3) is 5.24. The average molecular weight is 487 g/mol. The molecule has 0 saturated carbocycles. The smallest absolute Gasteiger partial charge is 0.406 e. The third-order valence-corrected chi connectivity index (χ3v) is 6.96. The van der Waals surface area contributed by atoms with Gasteiger partial charge < -0.3 is 4.74 Å². The van der Waals surface area contributed by atoms with Gasteiger partial charge in [0.2, 0.25) is 10.0 Å². The first-order chi connectivity index (χ1) is 14.0. The van der Waals surface area contributed by atoms with E-state index < -0.39 is 27.7 Å². The van der Waals surface area contributed by atoms with Crippen molar-refractivity contribution in [2.45, 2.75) is 17.9 Å². The quantitative estimate of drug-likeness (QED) is 0.645. The number of alkyl halides is 3. The number of sulfonamides is 1. The summed E-state index contributed by atoms with van der Waals surface area (Å²) in [4.78, 5) is 13.7. The van der Waals surface area contributed by atoms with E-state index in [9.17, 15) is 26.4 Å². The number of hydrogen-bond acceptors (Lipinski definition) is 6. The predicted molar refractivity (Wildman–Crippen MR) is 102 cm³/mol. The number of benzene rings is 1. The van der Waals surface area contributed by atoms with Gasteiger partial charge in [0.05, 0.1) is 22.8 Å². The number of piperazine rings is 1. The molecule has 1 fully saturated rings. The average Bonchev–Trinajstić information content (AvgIpc) is 2.68. The van der Waals surface area contributed by atoms with Crippen LogP contribution in [0.4, 0.5) is 13.2 Å². The molecule has 30 heavy (non-hydrogen) atoms. The fourth-order valence-corrected chi connectivity index (χ4v) is 4.50. The Bertz CT molecular complexity index is 1070. The lowest BCUT2D eigenvalue weighted by molar-refractivity contribution is -0.274. The number of halogens is 5. The van der Waals surface area contributed by atoms with Crippen LogP contribution in [0.2, 0.25) is 10.0 Å². The van der Waals surface area contributed by atoms with Crippen LogP contribution in [0.1, 0.15) is 0 Å². The van der Waals surface area contributed by atoms with Crippen LogP contribution in [0.15, 0.2) is 40.2 Å². The number of aromatic nitrogens is 2. The summed E-state index contributed by atoms with van der Waals surface area (Å²) in [5.74, 6) is -0.508. The van der Waals surface area contributed by atoms with Crippen LogP contribution >= 0.6 is 23.2 Å². The van der Waals surface area contributed by atoms with E-state index in [1.54, 1.807) is 0 Å². The maximum absolute atomic E-state index is 12.7. The van der Waals surface area contributed by atoms with Gasteiger partial charge in [0.15, 0.2) is 0 Å². The van der Waals surface area contributed by atoms with Gasteiger partial charge in [-0.3, -0.25) is 9.69 Å². The van der Waals surface area contributed by atoms with Crippen molar-refractivity contribution in [1.29, 1.82) is 0 Å². The van der Waals surface area contributed by atoms with Gasteiger partial charge in [-0.25, -0.2) is 13.1 Å². The summed E-state index contributed by atoms with van der Waals surface area (Å²) in [5.41, 5.74) is -0.555. The lowest BCUT2D eigenvalue weighted by Crippen LogP contribution is -2.49. The molecule has 0 radical (unpaired) electrons. The summed E-state index contributed by atoms with van der Waals surface area (Å²) < 4.78 is 68.2. The number of rotatable bonds is 5.